The Morgan fingerprint density at radius 3 is 2.75 bits per heavy atom. The molecule has 0 atom stereocenters. The van der Waals surface area contributed by atoms with Crippen molar-refractivity contribution in [3.05, 3.63) is 54.5 Å². The summed E-state index contributed by atoms with van der Waals surface area (Å²) in [7, 11) is 0. The van der Waals surface area contributed by atoms with Crippen LogP contribution in [0.2, 0.25) is 0 Å². The van der Waals surface area contributed by atoms with Crippen LogP contribution in [0.1, 0.15) is 31.2 Å². The Hall–Kier alpha value is -2.69. The van der Waals surface area contributed by atoms with E-state index < -0.39 is 0 Å². The van der Waals surface area contributed by atoms with Crippen molar-refractivity contribution in [2.24, 2.45) is 5.92 Å². The number of nitrogens with zero attached hydrogens (tertiary/aromatic N) is 3. The molecule has 2 heterocycles. The zero-order chi connectivity index (χ0) is 16.4. The largest absolute Gasteiger partial charge is 0.352 e. The summed E-state index contributed by atoms with van der Waals surface area (Å²) in [6, 6.07) is 12.0. The van der Waals surface area contributed by atoms with Crippen molar-refractivity contribution in [3.8, 4) is 5.82 Å². The van der Waals surface area contributed by atoms with Crippen LogP contribution in [0.15, 0.2) is 48.9 Å². The van der Waals surface area contributed by atoms with Crippen molar-refractivity contribution in [1.29, 1.82) is 0 Å². The number of carbonyl (C=O) groups excluding carboxylic acids is 1. The molecule has 5 nitrogen and oxygen atoms in total. The number of pyridine rings is 1. The van der Waals surface area contributed by atoms with Gasteiger partial charge in [0, 0.05) is 18.7 Å². The lowest BCUT2D eigenvalue weighted by molar-refractivity contribution is -0.124. The Labute approximate surface area is 140 Å². The molecule has 2 aromatic heterocycles. The van der Waals surface area contributed by atoms with Crippen LogP contribution in [0.5, 0.6) is 0 Å². The zero-order valence-electron chi connectivity index (χ0n) is 13.5. The Morgan fingerprint density at radius 2 is 1.96 bits per heavy atom. The van der Waals surface area contributed by atoms with E-state index in [1.807, 2.05) is 47.2 Å². The van der Waals surface area contributed by atoms with Gasteiger partial charge in [-0.15, -0.1) is 0 Å². The second-order valence-electron chi connectivity index (χ2n) is 6.33. The zero-order valence-corrected chi connectivity index (χ0v) is 13.5. The van der Waals surface area contributed by atoms with Gasteiger partial charge in [-0.25, -0.2) is 9.97 Å². The van der Waals surface area contributed by atoms with Crippen LogP contribution >= 0.6 is 0 Å². The fourth-order valence-electron chi connectivity index (χ4n) is 3.33. The SMILES string of the molecule is O=C(NCc1ccc(-n2cnc3ccccc32)nc1)C1CCCC1. The van der Waals surface area contributed by atoms with Crippen molar-refractivity contribution < 1.29 is 4.79 Å². The van der Waals surface area contributed by atoms with E-state index in [4.69, 9.17) is 0 Å². The number of para-hydroxylation sites is 2. The number of hydrogen-bond donors (Lipinski definition) is 1. The van der Waals surface area contributed by atoms with Gasteiger partial charge >= 0.3 is 0 Å². The summed E-state index contributed by atoms with van der Waals surface area (Å²) >= 11 is 0. The summed E-state index contributed by atoms with van der Waals surface area (Å²) in [5.41, 5.74) is 2.99. The third kappa shape index (κ3) is 2.89. The lowest BCUT2D eigenvalue weighted by atomic mass is 10.1. The van der Waals surface area contributed by atoms with Gasteiger partial charge in [-0.05, 0) is 36.6 Å². The van der Waals surface area contributed by atoms with Gasteiger partial charge in [0.1, 0.15) is 12.1 Å². The topological polar surface area (TPSA) is 59.8 Å². The van der Waals surface area contributed by atoms with Gasteiger partial charge in [0.25, 0.3) is 0 Å². The molecule has 1 N–H and O–H groups in total. The molecule has 0 spiro atoms. The molecule has 4 rings (SSSR count). The van der Waals surface area contributed by atoms with E-state index in [2.05, 4.69) is 15.3 Å². The van der Waals surface area contributed by atoms with Crippen molar-refractivity contribution in [2.45, 2.75) is 32.2 Å². The average molecular weight is 320 g/mol. The van der Waals surface area contributed by atoms with E-state index >= 15 is 0 Å². The number of fused-ring (bicyclic) bond motifs is 1. The number of nitrogens with one attached hydrogen (secondary N) is 1. The first-order valence-corrected chi connectivity index (χ1v) is 8.46. The maximum atomic E-state index is 12.1. The molecule has 0 bridgehead atoms. The summed E-state index contributed by atoms with van der Waals surface area (Å²) in [6.07, 6.45) is 8.00. The second kappa shape index (κ2) is 6.43. The molecular formula is C19H20N4O. The molecule has 0 radical (unpaired) electrons. The van der Waals surface area contributed by atoms with Crippen LogP contribution < -0.4 is 5.32 Å². The Morgan fingerprint density at radius 1 is 1.12 bits per heavy atom. The van der Waals surface area contributed by atoms with E-state index in [-0.39, 0.29) is 11.8 Å². The van der Waals surface area contributed by atoms with E-state index in [0.717, 1.165) is 35.3 Å². The van der Waals surface area contributed by atoms with Gasteiger partial charge < -0.3 is 5.32 Å². The highest BCUT2D eigenvalue weighted by atomic mass is 16.1. The normalized spacial score (nSPS) is 15.0. The Bertz CT molecular complexity index is 847. The molecular weight excluding hydrogens is 300 g/mol. The molecule has 1 saturated carbocycles. The molecule has 1 fully saturated rings. The number of hydrogen-bond acceptors (Lipinski definition) is 3. The lowest BCUT2D eigenvalue weighted by Gasteiger charge is -2.10. The van der Waals surface area contributed by atoms with Gasteiger partial charge in [0.05, 0.1) is 11.0 Å². The summed E-state index contributed by atoms with van der Waals surface area (Å²) in [6.45, 7) is 0.535. The maximum absolute atomic E-state index is 12.1. The second-order valence-corrected chi connectivity index (χ2v) is 6.33. The van der Waals surface area contributed by atoms with Crippen LogP contribution in [0.25, 0.3) is 16.9 Å². The highest BCUT2D eigenvalue weighted by molar-refractivity contribution is 5.79. The predicted molar refractivity (Wildman–Crippen MR) is 92.7 cm³/mol. The fourth-order valence-corrected chi connectivity index (χ4v) is 3.33. The van der Waals surface area contributed by atoms with Crippen LogP contribution in [0.4, 0.5) is 0 Å². The van der Waals surface area contributed by atoms with Crippen molar-refractivity contribution in [1.82, 2.24) is 19.9 Å². The Balaban J connectivity index is 1.45. The summed E-state index contributed by atoms with van der Waals surface area (Å²) in [4.78, 5) is 21.0. The van der Waals surface area contributed by atoms with E-state index in [1.165, 1.54) is 12.8 Å². The number of benzene rings is 1. The van der Waals surface area contributed by atoms with E-state index in [9.17, 15) is 4.79 Å². The molecule has 122 valence electrons. The molecule has 5 heteroatoms. The Kier molecular flexibility index (Phi) is 3.99. The van der Waals surface area contributed by atoms with Crippen LogP contribution in [0.3, 0.4) is 0 Å². The molecule has 1 aromatic carbocycles. The monoisotopic (exact) mass is 320 g/mol. The van der Waals surface area contributed by atoms with Crippen LogP contribution in [-0.4, -0.2) is 20.4 Å². The highest BCUT2D eigenvalue weighted by Gasteiger charge is 2.22. The third-order valence-corrected chi connectivity index (χ3v) is 4.70. The highest BCUT2D eigenvalue weighted by Crippen LogP contribution is 2.24. The maximum Gasteiger partial charge on any atom is 0.223 e. The van der Waals surface area contributed by atoms with Gasteiger partial charge in [0.2, 0.25) is 5.91 Å². The predicted octanol–water partition coefficient (Wildman–Crippen LogP) is 3.23. The number of aromatic nitrogens is 3. The van der Waals surface area contributed by atoms with Crippen LogP contribution in [0, 0.1) is 5.92 Å². The number of rotatable bonds is 4. The third-order valence-electron chi connectivity index (χ3n) is 4.70. The molecule has 0 saturated heterocycles. The quantitative estimate of drug-likeness (QED) is 0.803. The van der Waals surface area contributed by atoms with Crippen molar-refractivity contribution in [3.63, 3.8) is 0 Å². The minimum atomic E-state index is 0.178. The van der Waals surface area contributed by atoms with Gasteiger partial charge in [-0.3, -0.25) is 9.36 Å². The fraction of sp³-hybridized carbons (Fsp3) is 0.316. The lowest BCUT2D eigenvalue weighted by Crippen LogP contribution is -2.28. The molecule has 24 heavy (non-hydrogen) atoms. The standard InChI is InChI=1S/C19H20N4O/c24-19(15-5-1-2-6-15)21-12-14-9-10-18(20-11-14)23-13-22-16-7-3-4-8-17(16)23/h3-4,7-11,13,15H,1-2,5-6,12H2,(H,21,24). The first-order chi connectivity index (χ1) is 11.8. The van der Waals surface area contributed by atoms with E-state index in [0.29, 0.717) is 6.54 Å². The van der Waals surface area contributed by atoms with Crippen molar-refractivity contribution >= 4 is 16.9 Å². The first-order valence-electron chi connectivity index (χ1n) is 8.46. The van der Waals surface area contributed by atoms with Crippen molar-refractivity contribution in [2.75, 3.05) is 0 Å². The number of amides is 1. The smallest absolute Gasteiger partial charge is 0.223 e. The molecule has 3 aromatic rings. The summed E-state index contributed by atoms with van der Waals surface area (Å²) in [5, 5.41) is 3.03. The summed E-state index contributed by atoms with van der Waals surface area (Å²) < 4.78 is 1.97. The molecule has 1 amide bonds. The minimum absolute atomic E-state index is 0.178. The van der Waals surface area contributed by atoms with Crippen LogP contribution in [-0.2, 0) is 11.3 Å². The number of imidazole rings is 1. The number of carbonyl (C=O) groups is 1. The molecule has 0 aliphatic heterocycles. The average Bonchev–Trinajstić information content (AvgIpc) is 3.30. The molecule has 1 aliphatic rings. The van der Waals surface area contributed by atoms with Gasteiger partial charge in [-0.1, -0.05) is 31.0 Å². The molecule has 1 aliphatic carbocycles. The van der Waals surface area contributed by atoms with E-state index in [1.54, 1.807) is 6.33 Å². The minimum Gasteiger partial charge on any atom is -0.352 e. The van der Waals surface area contributed by atoms with Gasteiger partial charge in [-0.2, -0.15) is 0 Å². The summed E-state index contributed by atoms with van der Waals surface area (Å²) in [5.74, 6) is 1.21. The first kappa shape index (κ1) is 14.9. The van der Waals surface area contributed by atoms with Gasteiger partial charge in [0.15, 0.2) is 0 Å². The molecule has 0 unspecified atom stereocenters.